The average molecular weight is 240 g/mol. The first-order valence-corrected chi connectivity index (χ1v) is 6.96. The van der Waals surface area contributed by atoms with Crippen LogP contribution in [0.2, 0.25) is 0 Å². The van der Waals surface area contributed by atoms with Gasteiger partial charge in [-0.05, 0) is 18.8 Å². The minimum absolute atomic E-state index is 0.0450. The van der Waals surface area contributed by atoms with Crippen molar-refractivity contribution in [2.75, 3.05) is 26.2 Å². The van der Waals surface area contributed by atoms with E-state index in [1.54, 1.807) is 0 Å². The normalized spacial score (nSPS) is 26.0. The van der Waals surface area contributed by atoms with Crippen molar-refractivity contribution in [3.8, 4) is 0 Å². The minimum atomic E-state index is -0.282. The molecule has 1 aliphatic carbocycles. The summed E-state index contributed by atoms with van der Waals surface area (Å²) in [5.74, 6) is 0.961. The highest BCUT2D eigenvalue weighted by atomic mass is 16.5. The van der Waals surface area contributed by atoms with E-state index in [9.17, 15) is 4.79 Å². The first kappa shape index (κ1) is 12.8. The molecule has 1 heterocycles. The van der Waals surface area contributed by atoms with Crippen LogP contribution in [-0.2, 0) is 9.53 Å². The lowest BCUT2D eigenvalue weighted by Gasteiger charge is -2.22. The van der Waals surface area contributed by atoms with Crippen molar-refractivity contribution in [3.63, 3.8) is 0 Å². The predicted molar refractivity (Wildman–Crippen MR) is 66.8 cm³/mol. The van der Waals surface area contributed by atoms with E-state index < -0.39 is 0 Å². The fourth-order valence-corrected chi connectivity index (χ4v) is 2.75. The van der Waals surface area contributed by atoms with Gasteiger partial charge in [0.15, 0.2) is 0 Å². The lowest BCUT2D eigenvalue weighted by atomic mass is 10.0. The summed E-state index contributed by atoms with van der Waals surface area (Å²) < 4.78 is 5.40. The predicted octanol–water partition coefficient (Wildman–Crippen LogP) is 1.06. The molecule has 0 radical (unpaired) electrons. The van der Waals surface area contributed by atoms with Crippen LogP contribution in [0.3, 0.4) is 0 Å². The summed E-state index contributed by atoms with van der Waals surface area (Å²) in [5.41, 5.74) is 0. The summed E-state index contributed by atoms with van der Waals surface area (Å²) in [7, 11) is 0. The number of carbonyl (C=O) groups is 1. The number of rotatable bonds is 5. The van der Waals surface area contributed by atoms with Crippen LogP contribution in [-0.4, -0.2) is 38.3 Å². The SMILES string of the molecule is O=C(NCCCC1CCCC1)C1CNCCO1. The maximum Gasteiger partial charge on any atom is 0.250 e. The standard InChI is InChI=1S/C13H24N2O2/c16-13(12-10-14-8-9-17-12)15-7-3-6-11-4-1-2-5-11/h11-12,14H,1-10H2,(H,15,16). The van der Waals surface area contributed by atoms with Crippen LogP contribution in [0.1, 0.15) is 38.5 Å². The number of carbonyl (C=O) groups excluding carboxylic acids is 1. The molecule has 0 bridgehead atoms. The average Bonchev–Trinajstić information content (AvgIpc) is 2.88. The monoisotopic (exact) mass is 240 g/mol. The smallest absolute Gasteiger partial charge is 0.250 e. The van der Waals surface area contributed by atoms with Gasteiger partial charge in [-0.3, -0.25) is 4.79 Å². The van der Waals surface area contributed by atoms with Gasteiger partial charge < -0.3 is 15.4 Å². The summed E-state index contributed by atoms with van der Waals surface area (Å²) in [5, 5.41) is 6.14. The van der Waals surface area contributed by atoms with Gasteiger partial charge in [0.05, 0.1) is 6.61 Å². The van der Waals surface area contributed by atoms with Crippen LogP contribution in [0.15, 0.2) is 0 Å². The molecule has 1 saturated heterocycles. The number of morpholine rings is 1. The summed E-state index contributed by atoms with van der Waals surface area (Å²) >= 11 is 0. The zero-order valence-electron chi connectivity index (χ0n) is 10.5. The van der Waals surface area contributed by atoms with Gasteiger partial charge in [-0.2, -0.15) is 0 Å². The Morgan fingerprint density at radius 1 is 1.35 bits per heavy atom. The number of nitrogens with one attached hydrogen (secondary N) is 2. The molecule has 1 unspecified atom stereocenters. The molecule has 1 aliphatic heterocycles. The van der Waals surface area contributed by atoms with Crippen molar-refractivity contribution in [2.45, 2.75) is 44.6 Å². The van der Waals surface area contributed by atoms with Gasteiger partial charge in [-0.15, -0.1) is 0 Å². The second-order valence-electron chi connectivity index (χ2n) is 5.15. The number of ether oxygens (including phenoxy) is 1. The van der Waals surface area contributed by atoms with Crippen molar-refractivity contribution >= 4 is 5.91 Å². The van der Waals surface area contributed by atoms with E-state index in [-0.39, 0.29) is 12.0 Å². The van der Waals surface area contributed by atoms with E-state index in [2.05, 4.69) is 10.6 Å². The highest BCUT2D eigenvalue weighted by Gasteiger charge is 2.21. The molecule has 1 saturated carbocycles. The zero-order chi connectivity index (χ0) is 11.9. The Kier molecular flexibility index (Phi) is 5.26. The molecule has 0 aromatic heterocycles. The van der Waals surface area contributed by atoms with E-state index >= 15 is 0 Å². The Morgan fingerprint density at radius 3 is 2.88 bits per heavy atom. The minimum Gasteiger partial charge on any atom is -0.366 e. The van der Waals surface area contributed by atoms with Crippen molar-refractivity contribution in [1.82, 2.24) is 10.6 Å². The van der Waals surface area contributed by atoms with Crippen LogP contribution in [0.5, 0.6) is 0 Å². The molecule has 98 valence electrons. The van der Waals surface area contributed by atoms with E-state index in [4.69, 9.17) is 4.74 Å². The van der Waals surface area contributed by atoms with Crippen LogP contribution < -0.4 is 10.6 Å². The molecular formula is C13H24N2O2. The highest BCUT2D eigenvalue weighted by Crippen LogP contribution is 2.28. The molecule has 4 nitrogen and oxygen atoms in total. The van der Waals surface area contributed by atoms with Crippen molar-refractivity contribution < 1.29 is 9.53 Å². The van der Waals surface area contributed by atoms with Gasteiger partial charge in [0.25, 0.3) is 0 Å². The lowest BCUT2D eigenvalue weighted by molar-refractivity contribution is -0.134. The quantitative estimate of drug-likeness (QED) is 0.707. The second-order valence-corrected chi connectivity index (χ2v) is 5.15. The number of amides is 1. The molecule has 0 aromatic carbocycles. The van der Waals surface area contributed by atoms with Gasteiger partial charge in [-0.25, -0.2) is 0 Å². The van der Waals surface area contributed by atoms with Gasteiger partial charge in [0.2, 0.25) is 5.91 Å². The van der Waals surface area contributed by atoms with Gasteiger partial charge in [0.1, 0.15) is 6.10 Å². The van der Waals surface area contributed by atoms with Crippen LogP contribution in [0.4, 0.5) is 0 Å². The largest absolute Gasteiger partial charge is 0.366 e. The summed E-state index contributed by atoms with van der Waals surface area (Å²) in [6.07, 6.45) is 7.68. The summed E-state index contributed by atoms with van der Waals surface area (Å²) in [4.78, 5) is 11.7. The molecule has 17 heavy (non-hydrogen) atoms. The summed E-state index contributed by atoms with van der Waals surface area (Å²) in [6.45, 7) is 2.94. The summed E-state index contributed by atoms with van der Waals surface area (Å²) in [6, 6.07) is 0. The molecule has 2 N–H and O–H groups in total. The first-order chi connectivity index (χ1) is 8.36. The Labute approximate surface area is 103 Å². The topological polar surface area (TPSA) is 50.4 Å². The van der Waals surface area contributed by atoms with Crippen molar-refractivity contribution in [1.29, 1.82) is 0 Å². The maximum atomic E-state index is 11.7. The molecule has 2 fully saturated rings. The van der Waals surface area contributed by atoms with Gasteiger partial charge in [0, 0.05) is 19.6 Å². The molecule has 1 atom stereocenters. The van der Waals surface area contributed by atoms with Crippen LogP contribution in [0, 0.1) is 5.92 Å². The second kappa shape index (κ2) is 6.97. The molecular weight excluding hydrogens is 216 g/mol. The third kappa shape index (κ3) is 4.28. The number of hydrogen-bond acceptors (Lipinski definition) is 3. The van der Waals surface area contributed by atoms with Crippen molar-refractivity contribution in [2.24, 2.45) is 5.92 Å². The lowest BCUT2D eigenvalue weighted by Crippen LogP contribution is -2.48. The fourth-order valence-electron chi connectivity index (χ4n) is 2.75. The van der Waals surface area contributed by atoms with E-state index in [0.29, 0.717) is 13.2 Å². The fraction of sp³-hybridized carbons (Fsp3) is 0.923. The Hall–Kier alpha value is -0.610. The molecule has 2 rings (SSSR count). The van der Waals surface area contributed by atoms with Crippen LogP contribution in [0.25, 0.3) is 0 Å². The molecule has 2 aliphatic rings. The molecule has 4 heteroatoms. The zero-order valence-corrected chi connectivity index (χ0v) is 10.5. The third-order valence-corrected chi connectivity index (χ3v) is 3.78. The van der Waals surface area contributed by atoms with Gasteiger partial charge >= 0.3 is 0 Å². The number of hydrogen-bond donors (Lipinski definition) is 2. The van der Waals surface area contributed by atoms with Crippen molar-refractivity contribution in [3.05, 3.63) is 0 Å². The molecule has 0 spiro atoms. The Balaban J connectivity index is 1.53. The van der Waals surface area contributed by atoms with E-state index in [1.807, 2.05) is 0 Å². The molecule has 0 aromatic rings. The van der Waals surface area contributed by atoms with E-state index in [1.165, 1.54) is 32.1 Å². The highest BCUT2D eigenvalue weighted by molar-refractivity contribution is 5.81. The molecule has 1 amide bonds. The Morgan fingerprint density at radius 2 is 2.18 bits per heavy atom. The first-order valence-electron chi connectivity index (χ1n) is 6.96. The Bertz CT molecular complexity index is 234. The van der Waals surface area contributed by atoms with Gasteiger partial charge in [-0.1, -0.05) is 25.7 Å². The van der Waals surface area contributed by atoms with Crippen LogP contribution >= 0.6 is 0 Å². The third-order valence-electron chi connectivity index (χ3n) is 3.78. The maximum absolute atomic E-state index is 11.7. The van der Waals surface area contributed by atoms with E-state index in [0.717, 1.165) is 25.4 Å².